The summed E-state index contributed by atoms with van der Waals surface area (Å²) >= 11 is 0. The van der Waals surface area contributed by atoms with Crippen LogP contribution in [0.1, 0.15) is 175 Å². The first-order chi connectivity index (χ1) is 37.8. The van der Waals surface area contributed by atoms with Crippen LogP contribution in [0.3, 0.4) is 0 Å². The third-order valence-electron chi connectivity index (χ3n) is 17.0. The lowest BCUT2D eigenvalue weighted by molar-refractivity contribution is -0.00227. The van der Waals surface area contributed by atoms with E-state index in [1.165, 1.54) is 49.8 Å². The molecule has 6 atom stereocenters. The Labute approximate surface area is 452 Å². The predicted molar refractivity (Wildman–Crippen MR) is 293 cm³/mol. The Morgan fingerprint density at radius 2 is 0.859 bits per heavy atom. The number of benzene rings is 3. The molecule has 17 nitrogen and oxygen atoms in total. The quantitative estimate of drug-likeness (QED) is 0.0765. The van der Waals surface area contributed by atoms with E-state index < -0.39 is 18.3 Å². The Kier molecular flexibility index (Phi) is 13.6. The molecule has 2 unspecified atom stereocenters. The zero-order chi connectivity index (χ0) is 53.5. The molecule has 3 saturated heterocycles. The van der Waals surface area contributed by atoms with Crippen molar-refractivity contribution < 1.29 is 43.1 Å². The van der Waals surface area contributed by atoms with E-state index in [0.29, 0.717) is 31.0 Å². The Morgan fingerprint density at radius 1 is 0.474 bits per heavy atom. The van der Waals surface area contributed by atoms with Crippen molar-refractivity contribution in [2.75, 3.05) is 19.8 Å². The highest BCUT2D eigenvalue weighted by Gasteiger charge is 2.37. The first-order valence-electron chi connectivity index (χ1n) is 28.3. The van der Waals surface area contributed by atoms with E-state index in [2.05, 4.69) is 49.7 Å². The van der Waals surface area contributed by atoms with Crippen LogP contribution in [-0.4, -0.2) is 94.6 Å². The number of aliphatic hydroxyl groups excluding tert-OH is 3. The van der Waals surface area contributed by atoms with Gasteiger partial charge in [0.05, 0.1) is 63.1 Å². The molecule has 6 fully saturated rings. The summed E-state index contributed by atoms with van der Waals surface area (Å²) < 4.78 is 33.3. The van der Waals surface area contributed by atoms with Gasteiger partial charge in [-0.2, -0.15) is 0 Å². The molecule has 0 bridgehead atoms. The number of nitrogens with one attached hydrogen (secondary N) is 2. The molecule has 3 aliphatic carbocycles. The van der Waals surface area contributed by atoms with E-state index in [4.69, 9.17) is 42.7 Å². The van der Waals surface area contributed by atoms with Crippen LogP contribution in [0.4, 0.5) is 5.69 Å². The molecule has 8 aromatic rings. The Morgan fingerprint density at radius 3 is 1.22 bits per heavy atom. The lowest BCUT2D eigenvalue weighted by atomic mass is 9.91. The third-order valence-corrected chi connectivity index (χ3v) is 17.0. The van der Waals surface area contributed by atoms with Gasteiger partial charge in [0.25, 0.3) is 0 Å². The minimum atomic E-state index is -0.684. The van der Waals surface area contributed by atoms with Crippen molar-refractivity contribution in [2.45, 2.75) is 173 Å². The topological polar surface area (TPSA) is 236 Å². The van der Waals surface area contributed by atoms with Crippen molar-refractivity contribution in [1.82, 2.24) is 35.4 Å². The van der Waals surface area contributed by atoms with Crippen LogP contribution >= 0.6 is 0 Å². The number of rotatable bonds is 12. The summed E-state index contributed by atoms with van der Waals surface area (Å²) in [6.45, 7) is 13.8. The van der Waals surface area contributed by atoms with Crippen LogP contribution < -0.4 is 0 Å². The summed E-state index contributed by atoms with van der Waals surface area (Å²) in [6.07, 6.45) is 11.2. The van der Waals surface area contributed by atoms with Gasteiger partial charge in [-0.05, 0) is 183 Å². The average molecular weight is 1060 g/mol. The lowest BCUT2D eigenvalue weighted by Crippen LogP contribution is -2.17. The first kappa shape index (κ1) is 51.1. The second-order valence-corrected chi connectivity index (χ2v) is 22.9. The minimum Gasteiger partial charge on any atom is -0.386 e. The highest BCUT2D eigenvalue weighted by atomic mass is 16.5. The molecule has 78 heavy (non-hydrogen) atoms. The monoisotopic (exact) mass is 1060 g/mol. The number of H-pyrrole nitrogens is 2. The lowest BCUT2D eigenvalue weighted by Gasteiger charge is -2.20. The van der Waals surface area contributed by atoms with Gasteiger partial charge in [0.15, 0.2) is 0 Å². The molecular formula is C61H70N8O9. The molecule has 3 saturated carbocycles. The number of fused-ring (bicyclic) bond motifs is 3. The number of hydrogen-bond acceptors (Lipinski definition) is 15. The van der Waals surface area contributed by atoms with Crippen LogP contribution in [0.25, 0.3) is 55.4 Å². The van der Waals surface area contributed by atoms with Crippen molar-refractivity contribution in [1.29, 1.82) is 0 Å². The van der Waals surface area contributed by atoms with Crippen LogP contribution in [0, 0.1) is 47.5 Å². The molecule has 3 aromatic carbocycles. The van der Waals surface area contributed by atoms with Crippen LogP contribution in [0.5, 0.6) is 0 Å². The van der Waals surface area contributed by atoms with Gasteiger partial charge < -0.3 is 53.1 Å². The number of aromatic amines is 2. The number of imidazole rings is 2. The molecule has 7 aliphatic rings. The van der Waals surface area contributed by atoms with Gasteiger partial charge in [-0.1, -0.05) is 15.5 Å². The van der Waals surface area contributed by atoms with Crippen molar-refractivity contribution >= 4 is 33.5 Å². The molecule has 0 amide bonds. The Hall–Kier alpha value is -6.34. The summed E-state index contributed by atoms with van der Waals surface area (Å²) in [4.78, 5) is 21.5. The summed E-state index contributed by atoms with van der Waals surface area (Å²) in [6, 6.07) is 12.5. The minimum absolute atomic E-state index is 0.140. The van der Waals surface area contributed by atoms with E-state index in [1.54, 1.807) is 0 Å². The summed E-state index contributed by atoms with van der Waals surface area (Å²) in [5, 5.41) is 45.4. The van der Waals surface area contributed by atoms with Crippen LogP contribution in [0.15, 0.2) is 55.0 Å². The van der Waals surface area contributed by atoms with Crippen LogP contribution in [0.2, 0.25) is 0 Å². The molecule has 17 heteroatoms. The number of nitrogens with zero attached hydrogens (tertiary/aromatic N) is 6. The average Bonchev–Trinajstić information content (AvgIpc) is 4.10. The molecule has 408 valence electrons. The number of aliphatic imine (C=N–C) groups is 1. The molecular weight excluding hydrogens is 989 g/mol. The summed E-state index contributed by atoms with van der Waals surface area (Å²) in [5.41, 5.74) is 18.2. The van der Waals surface area contributed by atoms with E-state index in [9.17, 15) is 15.3 Å². The van der Waals surface area contributed by atoms with Gasteiger partial charge in [-0.15, -0.1) is 0 Å². The Balaban J connectivity index is 0.000000111. The molecule has 15 rings (SSSR count). The number of aliphatic hydroxyl groups is 3. The summed E-state index contributed by atoms with van der Waals surface area (Å²) in [7, 11) is 0. The zero-order valence-corrected chi connectivity index (χ0v) is 45.4. The second-order valence-electron chi connectivity index (χ2n) is 22.9. The molecule has 9 heterocycles. The molecule has 0 radical (unpaired) electrons. The highest BCUT2D eigenvalue weighted by molar-refractivity contribution is 5.98. The fourth-order valence-corrected chi connectivity index (χ4v) is 12.4. The molecule has 5 N–H and O–H groups in total. The third kappa shape index (κ3) is 9.84. The van der Waals surface area contributed by atoms with Gasteiger partial charge in [-0.25, -0.2) is 9.97 Å². The fraction of sp³-hybridized carbons (Fsp3) is 0.508. The molecule has 5 aromatic heterocycles. The predicted octanol–water partition coefficient (Wildman–Crippen LogP) is 12.1. The maximum Gasteiger partial charge on any atom is 0.141 e. The van der Waals surface area contributed by atoms with E-state index in [-0.39, 0.29) is 18.3 Å². The van der Waals surface area contributed by atoms with E-state index >= 15 is 0 Å². The van der Waals surface area contributed by atoms with Crippen LogP contribution in [-0.2, 0) is 20.6 Å². The molecule has 4 aliphatic heterocycles. The molecule has 0 spiro atoms. The van der Waals surface area contributed by atoms with Crippen molar-refractivity contribution in [3.63, 3.8) is 0 Å². The number of aromatic nitrogens is 7. The largest absolute Gasteiger partial charge is 0.386 e. The van der Waals surface area contributed by atoms with E-state index in [0.717, 1.165) is 175 Å². The zero-order valence-electron chi connectivity index (χ0n) is 45.4. The van der Waals surface area contributed by atoms with E-state index in [1.807, 2.05) is 53.7 Å². The Bertz CT molecular complexity index is 3340. The van der Waals surface area contributed by atoms with Gasteiger partial charge in [0.1, 0.15) is 47.2 Å². The number of aryl methyl sites for hydroxylation is 6. The second kappa shape index (κ2) is 20.7. The van der Waals surface area contributed by atoms with Gasteiger partial charge >= 0.3 is 0 Å². The highest BCUT2D eigenvalue weighted by Crippen LogP contribution is 2.47. The normalized spacial score (nSPS) is 22.1. The van der Waals surface area contributed by atoms with Crippen molar-refractivity contribution in [2.24, 2.45) is 10.9 Å². The SMILES string of the molecule is Cc1noc(C)c1-c1cc([C@@H](O)[C@@H]2CCCO2)c2nc(C3CC3)[nH]c2c1.Cc1noc(C)c1-c1cc([C@@H](O)[C@H]2CCCO2)c2nc(C3CC3)[nH]c2c1.Cc1noc(C)c1-c1cc2c(c(C(O)C3CCCO3)c1)N=C(C1CC1)C2. The maximum absolute atomic E-state index is 11.1. The number of ether oxygens (including phenoxy) is 3. The van der Waals surface area contributed by atoms with Crippen molar-refractivity contribution in [3.8, 4) is 33.4 Å². The fourth-order valence-electron chi connectivity index (χ4n) is 12.4. The van der Waals surface area contributed by atoms with Gasteiger partial charge in [0.2, 0.25) is 0 Å². The summed E-state index contributed by atoms with van der Waals surface area (Å²) in [5.74, 6) is 6.10. The number of hydrogen-bond donors (Lipinski definition) is 5. The first-order valence-corrected chi connectivity index (χ1v) is 28.3. The standard InChI is InChI=1S/C21H24N2O3.2C20H23N3O3/c1-11-19(12(2)26-23-11)14-8-15-10-17(13-5-6-13)22-20(15)16(9-14)21(24)18-4-3-7-25-18;2*1-10-17(11(2)26-23-10)13-8-14(19(24)16-4-3-7-25-16)18-15(9-13)21-20(22-18)12-5-6-12/h8-9,13,18,21,24H,3-7,10H2,1-2H3;2*8-9,12,16,19,24H,3-7H2,1-2H3,(H,21,22)/t;16-,19+;16-,19-/m.01/s1. The van der Waals surface area contributed by atoms with Gasteiger partial charge in [0, 0.05) is 77.2 Å². The van der Waals surface area contributed by atoms with Gasteiger partial charge in [-0.3, -0.25) is 4.99 Å². The smallest absolute Gasteiger partial charge is 0.141 e. The maximum atomic E-state index is 11.1. The van der Waals surface area contributed by atoms with Crippen molar-refractivity contribution in [3.05, 3.63) is 105 Å².